The molecule has 8 nitrogen and oxygen atoms in total. The molecule has 0 aliphatic rings. The van der Waals surface area contributed by atoms with E-state index in [9.17, 15) is 13.2 Å². The lowest BCUT2D eigenvalue weighted by Gasteiger charge is -2.25. The number of nitrogens with zero attached hydrogens (tertiary/aromatic N) is 3. The number of carbonyl (C=O) groups is 1. The topological polar surface area (TPSA) is 128 Å². The van der Waals surface area contributed by atoms with Gasteiger partial charge in [-0.05, 0) is 6.42 Å². The molecule has 0 fully saturated rings. The maximum atomic E-state index is 11.2. The van der Waals surface area contributed by atoms with Gasteiger partial charge in [0.05, 0.1) is 6.20 Å². The minimum absolute atomic E-state index is 0.246. The SMILES string of the molecule is CCC(C(N)=O)(n1ccnn1)S(=O)(=O)O. The summed E-state index contributed by atoms with van der Waals surface area (Å²) in [5.74, 6) is -1.21. The lowest BCUT2D eigenvalue weighted by molar-refractivity contribution is -0.123. The molecule has 1 unspecified atom stereocenters. The fourth-order valence-electron chi connectivity index (χ4n) is 1.28. The van der Waals surface area contributed by atoms with E-state index in [1.165, 1.54) is 13.1 Å². The van der Waals surface area contributed by atoms with Crippen LogP contribution in [-0.2, 0) is 19.8 Å². The number of carbonyl (C=O) groups excluding carboxylic acids is 1. The van der Waals surface area contributed by atoms with Crippen molar-refractivity contribution in [2.24, 2.45) is 5.73 Å². The predicted octanol–water partition coefficient (Wildman–Crippen LogP) is -1.29. The number of hydrogen-bond acceptors (Lipinski definition) is 5. The number of amides is 1. The third-order valence-corrected chi connectivity index (χ3v) is 3.61. The van der Waals surface area contributed by atoms with Gasteiger partial charge < -0.3 is 5.73 Å². The Morgan fingerprint density at radius 2 is 2.27 bits per heavy atom. The second kappa shape index (κ2) is 3.59. The number of primary amides is 1. The van der Waals surface area contributed by atoms with Gasteiger partial charge in [0.15, 0.2) is 0 Å². The van der Waals surface area contributed by atoms with Crippen LogP contribution in [0.1, 0.15) is 13.3 Å². The van der Waals surface area contributed by atoms with Crippen LogP contribution in [0.15, 0.2) is 12.4 Å². The molecule has 0 saturated heterocycles. The first kappa shape index (κ1) is 11.6. The van der Waals surface area contributed by atoms with E-state index in [0.29, 0.717) is 0 Å². The molecule has 0 aliphatic carbocycles. The van der Waals surface area contributed by atoms with E-state index in [0.717, 1.165) is 10.9 Å². The Kier molecular flexibility index (Phi) is 2.77. The zero-order chi connectivity index (χ0) is 11.7. The van der Waals surface area contributed by atoms with Gasteiger partial charge in [0.25, 0.3) is 10.8 Å². The molecule has 1 aromatic rings. The molecule has 1 amide bonds. The minimum Gasteiger partial charge on any atom is -0.367 e. The smallest absolute Gasteiger partial charge is 0.300 e. The van der Waals surface area contributed by atoms with Crippen molar-refractivity contribution < 1.29 is 17.8 Å². The van der Waals surface area contributed by atoms with Crippen LogP contribution in [0.2, 0.25) is 0 Å². The van der Waals surface area contributed by atoms with Gasteiger partial charge in [-0.1, -0.05) is 12.1 Å². The minimum atomic E-state index is -4.71. The van der Waals surface area contributed by atoms with Crippen LogP contribution in [0.5, 0.6) is 0 Å². The first-order valence-electron chi connectivity index (χ1n) is 4.00. The molecule has 1 aromatic heterocycles. The standard InChI is InChI=1S/C6H10N4O4S/c1-2-6(5(7)11,15(12,13)14)10-4-3-8-9-10/h3-4H,2H2,1H3,(H2,7,11)(H,12,13,14). The summed E-state index contributed by atoms with van der Waals surface area (Å²) in [5.41, 5.74) is 4.99. The summed E-state index contributed by atoms with van der Waals surface area (Å²) in [7, 11) is -4.71. The van der Waals surface area contributed by atoms with Gasteiger partial charge in [-0.15, -0.1) is 5.10 Å². The van der Waals surface area contributed by atoms with Crippen LogP contribution in [0.25, 0.3) is 0 Å². The molecule has 0 aliphatic heterocycles. The molecular weight excluding hydrogens is 224 g/mol. The Balaban J connectivity index is 3.50. The maximum absolute atomic E-state index is 11.2. The molecule has 1 heterocycles. The average Bonchev–Trinajstić information content (AvgIpc) is 2.56. The maximum Gasteiger partial charge on any atom is 0.300 e. The van der Waals surface area contributed by atoms with Crippen molar-refractivity contribution in [1.82, 2.24) is 15.0 Å². The van der Waals surface area contributed by atoms with E-state index in [-0.39, 0.29) is 6.42 Å². The number of aromatic nitrogens is 3. The Morgan fingerprint density at radius 1 is 1.67 bits per heavy atom. The lowest BCUT2D eigenvalue weighted by Crippen LogP contribution is -2.52. The molecule has 1 atom stereocenters. The quantitative estimate of drug-likeness (QED) is 0.624. The third kappa shape index (κ3) is 1.59. The Morgan fingerprint density at radius 3 is 2.53 bits per heavy atom. The number of rotatable bonds is 4. The van der Waals surface area contributed by atoms with Crippen molar-refractivity contribution in [3.05, 3.63) is 12.4 Å². The first-order chi connectivity index (χ1) is 6.86. The number of nitrogens with two attached hydrogens (primary N) is 1. The molecular formula is C6H10N4O4S. The molecule has 15 heavy (non-hydrogen) atoms. The monoisotopic (exact) mass is 234 g/mol. The van der Waals surface area contributed by atoms with E-state index < -0.39 is 20.9 Å². The second-order valence-electron chi connectivity index (χ2n) is 2.82. The summed E-state index contributed by atoms with van der Waals surface area (Å²) in [6, 6.07) is 0. The van der Waals surface area contributed by atoms with Gasteiger partial charge in [0.2, 0.25) is 0 Å². The largest absolute Gasteiger partial charge is 0.367 e. The molecule has 1 rings (SSSR count). The second-order valence-corrected chi connectivity index (χ2v) is 4.45. The van der Waals surface area contributed by atoms with Crippen molar-refractivity contribution in [3.63, 3.8) is 0 Å². The fraction of sp³-hybridized carbons (Fsp3) is 0.500. The van der Waals surface area contributed by atoms with Crippen LogP contribution in [0.4, 0.5) is 0 Å². The van der Waals surface area contributed by atoms with Gasteiger partial charge in [0, 0.05) is 6.20 Å². The lowest BCUT2D eigenvalue weighted by atomic mass is 10.2. The highest BCUT2D eigenvalue weighted by molar-refractivity contribution is 7.87. The van der Waals surface area contributed by atoms with Gasteiger partial charge in [-0.25, -0.2) is 4.68 Å². The van der Waals surface area contributed by atoms with E-state index in [1.807, 2.05) is 0 Å². The Bertz CT molecular complexity index is 453. The Labute approximate surface area is 85.8 Å². The summed E-state index contributed by atoms with van der Waals surface area (Å²) in [4.78, 5) is 8.90. The van der Waals surface area contributed by atoms with E-state index >= 15 is 0 Å². The van der Waals surface area contributed by atoms with Crippen LogP contribution < -0.4 is 5.73 Å². The number of hydrogen-bond donors (Lipinski definition) is 2. The normalized spacial score (nSPS) is 15.9. The summed E-state index contributed by atoms with van der Waals surface area (Å²) in [5, 5.41) is 6.74. The highest BCUT2D eigenvalue weighted by Gasteiger charge is 2.50. The van der Waals surface area contributed by atoms with Gasteiger partial charge in [-0.3, -0.25) is 9.35 Å². The molecule has 9 heteroatoms. The first-order valence-corrected chi connectivity index (χ1v) is 5.44. The van der Waals surface area contributed by atoms with Crippen molar-refractivity contribution in [2.45, 2.75) is 18.2 Å². The summed E-state index contributed by atoms with van der Waals surface area (Å²) >= 11 is 0. The summed E-state index contributed by atoms with van der Waals surface area (Å²) < 4.78 is 32.2. The molecule has 0 radical (unpaired) electrons. The highest BCUT2D eigenvalue weighted by atomic mass is 32.2. The Hall–Kier alpha value is -1.48. The highest BCUT2D eigenvalue weighted by Crippen LogP contribution is 2.25. The van der Waals surface area contributed by atoms with Crippen molar-refractivity contribution in [3.8, 4) is 0 Å². The predicted molar refractivity (Wildman–Crippen MR) is 49.0 cm³/mol. The van der Waals surface area contributed by atoms with Crippen LogP contribution in [-0.4, -0.2) is 33.9 Å². The summed E-state index contributed by atoms with van der Waals surface area (Å²) in [6.07, 6.45) is 2.07. The van der Waals surface area contributed by atoms with Crippen LogP contribution in [0.3, 0.4) is 0 Å². The zero-order valence-corrected chi connectivity index (χ0v) is 8.68. The molecule has 3 N–H and O–H groups in total. The van der Waals surface area contributed by atoms with E-state index in [4.69, 9.17) is 10.3 Å². The molecule has 0 spiro atoms. The van der Waals surface area contributed by atoms with E-state index in [1.54, 1.807) is 0 Å². The molecule has 0 bridgehead atoms. The molecule has 0 aromatic carbocycles. The fourth-order valence-corrected chi connectivity index (χ4v) is 2.23. The van der Waals surface area contributed by atoms with Crippen molar-refractivity contribution in [2.75, 3.05) is 0 Å². The molecule has 84 valence electrons. The van der Waals surface area contributed by atoms with Crippen molar-refractivity contribution in [1.29, 1.82) is 0 Å². The zero-order valence-electron chi connectivity index (χ0n) is 7.86. The van der Waals surface area contributed by atoms with Crippen LogP contribution in [0, 0.1) is 0 Å². The van der Waals surface area contributed by atoms with E-state index in [2.05, 4.69) is 10.3 Å². The third-order valence-electron chi connectivity index (χ3n) is 2.08. The van der Waals surface area contributed by atoms with Gasteiger partial charge >= 0.3 is 10.1 Å². The van der Waals surface area contributed by atoms with Crippen molar-refractivity contribution >= 4 is 16.0 Å². The van der Waals surface area contributed by atoms with Gasteiger partial charge in [0.1, 0.15) is 0 Å². The molecule has 0 saturated carbocycles. The summed E-state index contributed by atoms with van der Waals surface area (Å²) in [6.45, 7) is 1.39. The van der Waals surface area contributed by atoms with Gasteiger partial charge in [-0.2, -0.15) is 8.42 Å². The van der Waals surface area contributed by atoms with Crippen LogP contribution >= 0.6 is 0 Å². The average molecular weight is 234 g/mol.